The van der Waals surface area contributed by atoms with E-state index in [2.05, 4.69) is 15.9 Å². The molecule has 70 valence electrons. The minimum Gasteiger partial charge on any atom is -0.207 e. The fourth-order valence-corrected chi connectivity index (χ4v) is 2.58. The molecule has 0 radical (unpaired) electrons. The number of hydrogen-bond acceptors (Lipinski definition) is 0. The van der Waals surface area contributed by atoms with Crippen LogP contribution < -0.4 is 0 Å². The highest BCUT2D eigenvalue weighted by Gasteiger charge is 2.42. The van der Waals surface area contributed by atoms with Crippen LogP contribution in [-0.4, -0.2) is 5.33 Å². The number of halogens is 2. The molecule has 0 bridgehead atoms. The van der Waals surface area contributed by atoms with Gasteiger partial charge in [-0.1, -0.05) is 28.1 Å². The maximum absolute atomic E-state index is 12.7. The Bertz CT molecular complexity index is 287. The Balaban J connectivity index is 2.20. The second kappa shape index (κ2) is 3.41. The van der Waals surface area contributed by atoms with Gasteiger partial charge in [-0.15, -0.1) is 0 Å². The summed E-state index contributed by atoms with van der Waals surface area (Å²) in [6, 6.07) is 6.96. The third-order valence-corrected chi connectivity index (χ3v) is 3.28. The van der Waals surface area contributed by atoms with Gasteiger partial charge < -0.3 is 0 Å². The fourth-order valence-electron chi connectivity index (χ4n) is 1.82. The van der Waals surface area contributed by atoms with Crippen LogP contribution in [0, 0.1) is 5.82 Å². The minimum atomic E-state index is -0.140. The second-order valence-corrected chi connectivity index (χ2v) is 4.52. The molecule has 1 aromatic rings. The molecule has 0 nitrogen and oxygen atoms in total. The molecule has 0 aliphatic heterocycles. The third kappa shape index (κ3) is 1.78. The van der Waals surface area contributed by atoms with Gasteiger partial charge in [-0.05, 0) is 42.4 Å². The number of benzene rings is 1. The summed E-state index contributed by atoms with van der Waals surface area (Å²) in [4.78, 5) is 0. The van der Waals surface area contributed by atoms with Gasteiger partial charge in [0.15, 0.2) is 0 Å². The number of rotatable bonds is 3. The van der Waals surface area contributed by atoms with Gasteiger partial charge in [0, 0.05) is 5.33 Å². The molecule has 0 atom stereocenters. The Labute approximate surface area is 86.3 Å². The quantitative estimate of drug-likeness (QED) is 0.711. The Kier molecular flexibility index (Phi) is 2.41. The van der Waals surface area contributed by atoms with Crippen molar-refractivity contribution in [3.05, 3.63) is 35.6 Å². The minimum absolute atomic E-state index is 0.140. The first-order valence-electron chi connectivity index (χ1n) is 4.59. The van der Waals surface area contributed by atoms with E-state index >= 15 is 0 Å². The maximum Gasteiger partial charge on any atom is 0.123 e. The van der Waals surface area contributed by atoms with Gasteiger partial charge in [0.1, 0.15) is 5.82 Å². The molecule has 0 saturated heterocycles. The van der Waals surface area contributed by atoms with Crippen LogP contribution in [-0.2, 0) is 5.41 Å². The van der Waals surface area contributed by atoms with Gasteiger partial charge in [0.05, 0.1) is 0 Å². The molecule has 1 saturated carbocycles. The summed E-state index contributed by atoms with van der Waals surface area (Å²) in [5.41, 5.74) is 1.67. The van der Waals surface area contributed by atoms with Crippen LogP contribution in [0.4, 0.5) is 4.39 Å². The normalized spacial score (nSPS) is 18.6. The predicted molar refractivity (Wildman–Crippen MR) is 55.7 cm³/mol. The molecule has 2 rings (SSSR count). The number of alkyl halides is 1. The van der Waals surface area contributed by atoms with Gasteiger partial charge >= 0.3 is 0 Å². The summed E-state index contributed by atoms with van der Waals surface area (Å²) in [6.45, 7) is 0. The lowest BCUT2D eigenvalue weighted by molar-refractivity contribution is 0.621. The lowest BCUT2D eigenvalue weighted by atomic mass is 9.93. The highest BCUT2D eigenvalue weighted by atomic mass is 79.9. The zero-order chi connectivity index (χ0) is 9.31. The molecule has 0 spiro atoms. The van der Waals surface area contributed by atoms with Crippen molar-refractivity contribution in [2.24, 2.45) is 0 Å². The van der Waals surface area contributed by atoms with Crippen molar-refractivity contribution in [1.82, 2.24) is 0 Å². The van der Waals surface area contributed by atoms with E-state index in [1.165, 1.54) is 24.8 Å². The summed E-state index contributed by atoms with van der Waals surface area (Å²) >= 11 is 3.46. The third-order valence-electron chi connectivity index (χ3n) is 2.88. The smallest absolute Gasteiger partial charge is 0.123 e. The maximum atomic E-state index is 12.7. The molecule has 1 aliphatic carbocycles. The lowest BCUT2D eigenvalue weighted by Crippen LogP contribution is -2.06. The summed E-state index contributed by atoms with van der Waals surface area (Å²) in [7, 11) is 0. The monoisotopic (exact) mass is 242 g/mol. The van der Waals surface area contributed by atoms with Crippen molar-refractivity contribution in [1.29, 1.82) is 0 Å². The molecule has 1 aromatic carbocycles. The van der Waals surface area contributed by atoms with Crippen molar-refractivity contribution in [3.8, 4) is 0 Å². The van der Waals surface area contributed by atoms with Gasteiger partial charge in [-0.25, -0.2) is 4.39 Å². The average molecular weight is 243 g/mol. The van der Waals surface area contributed by atoms with Crippen molar-refractivity contribution < 1.29 is 4.39 Å². The van der Waals surface area contributed by atoms with Gasteiger partial charge in [-0.2, -0.15) is 0 Å². The van der Waals surface area contributed by atoms with Crippen molar-refractivity contribution in [3.63, 3.8) is 0 Å². The summed E-state index contributed by atoms with van der Waals surface area (Å²) < 4.78 is 12.7. The van der Waals surface area contributed by atoms with Gasteiger partial charge in [0.25, 0.3) is 0 Å². The van der Waals surface area contributed by atoms with E-state index in [4.69, 9.17) is 0 Å². The van der Waals surface area contributed by atoms with E-state index in [1.807, 2.05) is 12.1 Å². The van der Waals surface area contributed by atoms with Crippen LogP contribution in [0.3, 0.4) is 0 Å². The molecule has 2 heteroatoms. The fraction of sp³-hybridized carbons (Fsp3) is 0.455. The summed E-state index contributed by atoms with van der Waals surface area (Å²) in [5, 5.41) is 1.03. The summed E-state index contributed by atoms with van der Waals surface area (Å²) in [5.74, 6) is -0.140. The molecule has 0 unspecified atom stereocenters. The van der Waals surface area contributed by atoms with Crippen LogP contribution >= 0.6 is 15.9 Å². The lowest BCUT2D eigenvalue weighted by Gasteiger charge is -2.13. The van der Waals surface area contributed by atoms with E-state index in [9.17, 15) is 4.39 Å². The Morgan fingerprint density at radius 3 is 2.31 bits per heavy atom. The first-order valence-corrected chi connectivity index (χ1v) is 5.71. The van der Waals surface area contributed by atoms with E-state index in [0.29, 0.717) is 5.41 Å². The first kappa shape index (κ1) is 9.20. The molecule has 1 fully saturated rings. The standard InChI is InChI=1S/C11H12BrF/c12-8-7-11(5-6-11)9-1-3-10(13)4-2-9/h1-4H,5-8H2. The van der Waals surface area contributed by atoms with Gasteiger partial charge in [0.2, 0.25) is 0 Å². The Morgan fingerprint density at radius 2 is 1.85 bits per heavy atom. The van der Waals surface area contributed by atoms with Crippen LogP contribution in [0.25, 0.3) is 0 Å². The Morgan fingerprint density at radius 1 is 1.23 bits per heavy atom. The van der Waals surface area contributed by atoms with E-state index in [-0.39, 0.29) is 5.82 Å². The van der Waals surface area contributed by atoms with Crippen LogP contribution in [0.1, 0.15) is 24.8 Å². The molecule has 0 aromatic heterocycles. The SMILES string of the molecule is Fc1ccc(C2(CCBr)CC2)cc1. The van der Waals surface area contributed by atoms with Crippen molar-refractivity contribution in [2.45, 2.75) is 24.7 Å². The van der Waals surface area contributed by atoms with Gasteiger partial charge in [-0.3, -0.25) is 0 Å². The summed E-state index contributed by atoms with van der Waals surface area (Å²) in [6.07, 6.45) is 3.67. The molecule has 1 aliphatic rings. The zero-order valence-corrected chi connectivity index (χ0v) is 8.98. The van der Waals surface area contributed by atoms with Crippen LogP contribution in [0.15, 0.2) is 24.3 Å². The molecule has 0 heterocycles. The highest BCUT2D eigenvalue weighted by molar-refractivity contribution is 9.09. The highest BCUT2D eigenvalue weighted by Crippen LogP contribution is 2.51. The second-order valence-electron chi connectivity index (χ2n) is 3.73. The van der Waals surface area contributed by atoms with Crippen LogP contribution in [0.5, 0.6) is 0 Å². The zero-order valence-electron chi connectivity index (χ0n) is 7.39. The van der Waals surface area contributed by atoms with Crippen molar-refractivity contribution >= 4 is 15.9 Å². The molecule has 13 heavy (non-hydrogen) atoms. The van der Waals surface area contributed by atoms with E-state index in [1.54, 1.807) is 12.1 Å². The van der Waals surface area contributed by atoms with E-state index in [0.717, 1.165) is 5.33 Å². The first-order chi connectivity index (χ1) is 6.27. The predicted octanol–water partition coefficient (Wildman–Crippen LogP) is 3.64. The van der Waals surface area contributed by atoms with E-state index < -0.39 is 0 Å². The average Bonchev–Trinajstić information content (AvgIpc) is 2.87. The topological polar surface area (TPSA) is 0 Å². The van der Waals surface area contributed by atoms with Crippen LogP contribution in [0.2, 0.25) is 0 Å². The molecule has 0 amide bonds. The number of hydrogen-bond donors (Lipinski definition) is 0. The molecular weight excluding hydrogens is 231 g/mol. The molecule has 0 N–H and O–H groups in total. The Hall–Kier alpha value is -0.370. The van der Waals surface area contributed by atoms with Crippen molar-refractivity contribution in [2.75, 3.05) is 5.33 Å². The largest absolute Gasteiger partial charge is 0.207 e. The molecular formula is C11H12BrF.